The Hall–Kier alpha value is -2.27. The fraction of sp³-hybridized carbons (Fsp3) is 0.450. The predicted molar refractivity (Wildman–Crippen MR) is 99.6 cm³/mol. The molecule has 25 heavy (non-hydrogen) atoms. The van der Waals surface area contributed by atoms with Crippen LogP contribution >= 0.6 is 0 Å². The summed E-state index contributed by atoms with van der Waals surface area (Å²) in [7, 11) is 0. The van der Waals surface area contributed by atoms with Gasteiger partial charge in [0.2, 0.25) is 0 Å². The summed E-state index contributed by atoms with van der Waals surface area (Å²) < 4.78 is 2.32. The van der Waals surface area contributed by atoms with Gasteiger partial charge in [-0.05, 0) is 57.1 Å². The molecule has 4 heterocycles. The molecule has 0 atom stereocenters. The molecule has 5 nitrogen and oxygen atoms in total. The highest BCUT2D eigenvalue weighted by Crippen LogP contribution is 2.30. The lowest BCUT2D eigenvalue weighted by molar-refractivity contribution is 0.208. The van der Waals surface area contributed by atoms with Crippen LogP contribution in [0.5, 0.6) is 0 Å². The molecule has 0 saturated carbocycles. The van der Waals surface area contributed by atoms with Crippen molar-refractivity contribution in [1.29, 1.82) is 0 Å². The van der Waals surface area contributed by atoms with Gasteiger partial charge < -0.3 is 9.47 Å². The minimum Gasteiger partial charge on any atom is -0.320 e. The minimum absolute atomic E-state index is 0.518. The third kappa shape index (κ3) is 3.42. The lowest BCUT2D eigenvalue weighted by atomic mass is 9.95. The van der Waals surface area contributed by atoms with Crippen molar-refractivity contribution in [2.24, 2.45) is 0 Å². The van der Waals surface area contributed by atoms with Crippen molar-refractivity contribution in [3.05, 3.63) is 54.4 Å². The van der Waals surface area contributed by atoms with Gasteiger partial charge in [-0.2, -0.15) is 0 Å². The highest BCUT2D eigenvalue weighted by Gasteiger charge is 2.25. The van der Waals surface area contributed by atoms with Crippen LogP contribution < -0.4 is 0 Å². The van der Waals surface area contributed by atoms with Crippen LogP contribution in [0.1, 0.15) is 43.6 Å². The standard InChI is InChI=1S/C20H25N5/c1-2-11-24-12-7-16(8-13-24)20-23-18-6-10-21-14-19(18)25(20)15-17-5-3-4-9-22-17/h3-6,9-10,14,16H,2,7-8,11-13,15H2,1H3. The first-order chi connectivity index (χ1) is 12.3. The Bertz CT molecular complexity index is 818. The van der Waals surface area contributed by atoms with E-state index in [4.69, 9.17) is 4.98 Å². The van der Waals surface area contributed by atoms with E-state index in [1.807, 2.05) is 36.8 Å². The summed E-state index contributed by atoms with van der Waals surface area (Å²) in [6, 6.07) is 8.10. The molecule has 0 radical (unpaired) electrons. The molecule has 1 aliphatic heterocycles. The van der Waals surface area contributed by atoms with Crippen molar-refractivity contribution < 1.29 is 0 Å². The number of pyridine rings is 2. The highest BCUT2D eigenvalue weighted by atomic mass is 15.1. The van der Waals surface area contributed by atoms with Gasteiger partial charge in [0, 0.05) is 18.3 Å². The zero-order valence-electron chi connectivity index (χ0n) is 14.8. The average Bonchev–Trinajstić information content (AvgIpc) is 3.02. The quantitative estimate of drug-likeness (QED) is 0.716. The van der Waals surface area contributed by atoms with E-state index < -0.39 is 0 Å². The van der Waals surface area contributed by atoms with E-state index in [1.165, 1.54) is 44.7 Å². The van der Waals surface area contributed by atoms with Crippen LogP contribution in [0.15, 0.2) is 42.9 Å². The lowest BCUT2D eigenvalue weighted by Gasteiger charge is -2.31. The first-order valence-corrected chi connectivity index (χ1v) is 9.27. The van der Waals surface area contributed by atoms with Crippen LogP contribution in [-0.4, -0.2) is 44.1 Å². The van der Waals surface area contributed by atoms with Crippen molar-refractivity contribution >= 4 is 11.0 Å². The molecule has 0 spiro atoms. The van der Waals surface area contributed by atoms with Gasteiger partial charge >= 0.3 is 0 Å². The second kappa shape index (κ2) is 7.31. The minimum atomic E-state index is 0.518. The third-order valence-corrected chi connectivity index (χ3v) is 5.12. The first-order valence-electron chi connectivity index (χ1n) is 9.27. The molecular formula is C20H25N5. The Kier molecular flexibility index (Phi) is 4.74. The summed E-state index contributed by atoms with van der Waals surface area (Å²) in [5.74, 6) is 1.72. The Labute approximate surface area is 148 Å². The molecule has 0 N–H and O–H groups in total. The van der Waals surface area contributed by atoms with Crippen LogP contribution in [0.25, 0.3) is 11.0 Å². The molecule has 3 aromatic rings. The summed E-state index contributed by atoms with van der Waals surface area (Å²) in [5, 5.41) is 0. The van der Waals surface area contributed by atoms with Gasteiger partial charge in [-0.1, -0.05) is 13.0 Å². The van der Waals surface area contributed by atoms with Gasteiger partial charge in [0.1, 0.15) is 5.82 Å². The number of hydrogen-bond donors (Lipinski definition) is 0. The van der Waals surface area contributed by atoms with Crippen LogP contribution in [0, 0.1) is 0 Å². The smallest absolute Gasteiger partial charge is 0.113 e. The van der Waals surface area contributed by atoms with Crippen molar-refractivity contribution in [3.8, 4) is 0 Å². The monoisotopic (exact) mass is 335 g/mol. The Morgan fingerprint density at radius 3 is 2.76 bits per heavy atom. The number of likely N-dealkylation sites (tertiary alicyclic amines) is 1. The zero-order chi connectivity index (χ0) is 17.1. The second-order valence-electron chi connectivity index (χ2n) is 6.86. The molecule has 1 saturated heterocycles. The summed E-state index contributed by atoms with van der Waals surface area (Å²) in [5.41, 5.74) is 3.21. The van der Waals surface area contributed by atoms with E-state index in [0.29, 0.717) is 5.92 Å². The van der Waals surface area contributed by atoms with Crippen molar-refractivity contribution in [3.63, 3.8) is 0 Å². The number of nitrogens with zero attached hydrogens (tertiary/aromatic N) is 5. The number of aromatic nitrogens is 4. The van der Waals surface area contributed by atoms with Crippen LogP contribution in [0.3, 0.4) is 0 Å². The summed E-state index contributed by atoms with van der Waals surface area (Å²) in [6.45, 7) is 6.56. The maximum absolute atomic E-state index is 4.98. The maximum atomic E-state index is 4.98. The average molecular weight is 335 g/mol. The zero-order valence-corrected chi connectivity index (χ0v) is 14.8. The molecule has 1 aliphatic rings. The van der Waals surface area contributed by atoms with Crippen molar-refractivity contribution in [1.82, 2.24) is 24.4 Å². The number of hydrogen-bond acceptors (Lipinski definition) is 4. The summed E-state index contributed by atoms with van der Waals surface area (Å²) >= 11 is 0. The van der Waals surface area contributed by atoms with Gasteiger partial charge in [0.05, 0.1) is 29.5 Å². The predicted octanol–water partition coefficient (Wildman–Crippen LogP) is 3.46. The Morgan fingerprint density at radius 2 is 2.00 bits per heavy atom. The lowest BCUT2D eigenvalue weighted by Crippen LogP contribution is -2.34. The highest BCUT2D eigenvalue weighted by molar-refractivity contribution is 5.75. The van der Waals surface area contributed by atoms with Gasteiger partial charge in [0.25, 0.3) is 0 Å². The van der Waals surface area contributed by atoms with Crippen molar-refractivity contribution in [2.75, 3.05) is 19.6 Å². The molecule has 0 aromatic carbocycles. The van der Waals surface area contributed by atoms with Crippen LogP contribution in [0.2, 0.25) is 0 Å². The van der Waals surface area contributed by atoms with E-state index in [1.54, 1.807) is 0 Å². The molecular weight excluding hydrogens is 310 g/mol. The fourth-order valence-electron chi connectivity index (χ4n) is 3.85. The number of fused-ring (bicyclic) bond motifs is 1. The van der Waals surface area contributed by atoms with Gasteiger partial charge in [-0.3, -0.25) is 9.97 Å². The summed E-state index contributed by atoms with van der Waals surface area (Å²) in [4.78, 5) is 16.4. The van der Waals surface area contributed by atoms with Gasteiger partial charge in [-0.25, -0.2) is 4.98 Å². The SMILES string of the molecule is CCCN1CCC(c2nc3ccncc3n2Cc2ccccn2)CC1. The molecule has 3 aromatic heterocycles. The number of piperidine rings is 1. The fourth-order valence-corrected chi connectivity index (χ4v) is 3.85. The van der Waals surface area contributed by atoms with E-state index in [0.717, 1.165) is 23.3 Å². The molecule has 130 valence electrons. The molecule has 0 amide bonds. The maximum Gasteiger partial charge on any atom is 0.113 e. The van der Waals surface area contributed by atoms with Crippen LogP contribution in [0.4, 0.5) is 0 Å². The molecule has 0 unspecified atom stereocenters. The largest absolute Gasteiger partial charge is 0.320 e. The van der Waals surface area contributed by atoms with E-state index in [2.05, 4.69) is 32.4 Å². The third-order valence-electron chi connectivity index (χ3n) is 5.12. The molecule has 4 rings (SSSR count). The van der Waals surface area contributed by atoms with E-state index in [-0.39, 0.29) is 0 Å². The number of imidazole rings is 1. The number of rotatable bonds is 5. The first kappa shape index (κ1) is 16.2. The normalized spacial score (nSPS) is 16.5. The molecule has 0 bridgehead atoms. The summed E-state index contributed by atoms with van der Waals surface area (Å²) in [6.07, 6.45) is 9.21. The molecule has 5 heteroatoms. The van der Waals surface area contributed by atoms with Gasteiger partial charge in [0.15, 0.2) is 0 Å². The van der Waals surface area contributed by atoms with Gasteiger partial charge in [-0.15, -0.1) is 0 Å². The Balaban J connectivity index is 1.65. The topological polar surface area (TPSA) is 46.8 Å². The Morgan fingerprint density at radius 1 is 1.12 bits per heavy atom. The van der Waals surface area contributed by atoms with E-state index >= 15 is 0 Å². The van der Waals surface area contributed by atoms with Crippen molar-refractivity contribution in [2.45, 2.75) is 38.6 Å². The molecule has 0 aliphatic carbocycles. The van der Waals surface area contributed by atoms with E-state index in [9.17, 15) is 0 Å². The molecule has 1 fully saturated rings. The second-order valence-corrected chi connectivity index (χ2v) is 6.86. The van der Waals surface area contributed by atoms with Crippen LogP contribution in [-0.2, 0) is 6.54 Å².